The first-order chi connectivity index (χ1) is 12.5. The molecule has 0 saturated carbocycles. The van der Waals surface area contributed by atoms with Gasteiger partial charge in [-0.1, -0.05) is 47.3 Å². The Morgan fingerprint density at radius 2 is 1.78 bits per heavy atom. The molecular weight excluding hydrogens is 447 g/mol. The second-order valence-corrected chi connectivity index (χ2v) is 7.40. The number of halogens is 3. The van der Waals surface area contributed by atoms with E-state index in [1.54, 1.807) is 18.2 Å². The van der Waals surface area contributed by atoms with Gasteiger partial charge in [-0.05, 0) is 50.1 Å². The summed E-state index contributed by atoms with van der Waals surface area (Å²) in [7, 11) is 0. The van der Waals surface area contributed by atoms with E-state index in [2.05, 4.69) is 19.1 Å². The van der Waals surface area contributed by atoms with Gasteiger partial charge in [-0.25, -0.2) is 0 Å². The molecule has 144 valence electrons. The summed E-state index contributed by atoms with van der Waals surface area (Å²) < 4.78 is 0. The van der Waals surface area contributed by atoms with Crippen molar-refractivity contribution in [2.75, 3.05) is 18.0 Å². The minimum Gasteiger partial charge on any atom is -0.322 e. The van der Waals surface area contributed by atoms with E-state index in [-0.39, 0.29) is 29.3 Å². The number of Topliss-reactive ketones (excluding diaryl/α,β-unsaturated/α-hetero) is 1. The van der Waals surface area contributed by atoms with E-state index in [4.69, 9.17) is 28.2 Å². The molecular formula is C21H23BrCl2N2O. The monoisotopic (exact) mass is 468 g/mol. The molecule has 0 saturated heterocycles. The van der Waals surface area contributed by atoms with Crippen LogP contribution < -0.4 is 4.90 Å². The van der Waals surface area contributed by atoms with Gasteiger partial charge < -0.3 is 4.90 Å². The van der Waals surface area contributed by atoms with Gasteiger partial charge >= 0.3 is 0 Å². The van der Waals surface area contributed by atoms with Crippen LogP contribution >= 0.6 is 40.2 Å². The van der Waals surface area contributed by atoms with Crippen molar-refractivity contribution in [3.63, 3.8) is 0 Å². The number of aliphatic imine (C=N–C) groups is 1. The van der Waals surface area contributed by atoms with Crippen molar-refractivity contribution < 1.29 is 4.79 Å². The number of carbonyl (C=O) groups is 1. The Labute approximate surface area is 181 Å². The minimum atomic E-state index is -0.00362. The zero-order valence-electron chi connectivity index (χ0n) is 15.3. The van der Waals surface area contributed by atoms with Crippen LogP contribution in [0, 0.1) is 6.92 Å². The Hall–Kier alpha value is -1.36. The maximum absolute atomic E-state index is 12.9. The Bertz CT molecular complexity index is 821. The fourth-order valence-corrected chi connectivity index (χ4v) is 3.34. The van der Waals surface area contributed by atoms with Crippen molar-refractivity contribution in [3.8, 4) is 0 Å². The van der Waals surface area contributed by atoms with E-state index < -0.39 is 0 Å². The van der Waals surface area contributed by atoms with Gasteiger partial charge in [-0.15, -0.1) is 17.0 Å². The smallest absolute Gasteiger partial charge is 0.182 e. The summed E-state index contributed by atoms with van der Waals surface area (Å²) >= 11 is 12.0. The molecule has 6 heteroatoms. The van der Waals surface area contributed by atoms with Crippen molar-refractivity contribution in [1.29, 1.82) is 0 Å². The molecule has 3 rings (SSSR count). The standard InChI is InChI=1S/C21H22Cl2N2O.BrH/c1-15-6-9-17(10-7-15)25(21-5-3-2-4-12-24-21)14-20(26)16-8-11-18(22)19(23)13-16;/h6-11,13H,2-5,12,14H2,1H3;1H. The molecule has 1 heterocycles. The highest BCUT2D eigenvalue weighted by molar-refractivity contribution is 8.93. The van der Waals surface area contributed by atoms with E-state index in [0.717, 1.165) is 37.3 Å². The second kappa shape index (κ2) is 10.3. The Balaban J connectivity index is 0.00000261. The van der Waals surface area contributed by atoms with Crippen LogP contribution in [0.25, 0.3) is 0 Å². The van der Waals surface area contributed by atoms with Crippen LogP contribution in [0.15, 0.2) is 47.5 Å². The predicted octanol–water partition coefficient (Wildman–Crippen LogP) is 6.54. The second-order valence-electron chi connectivity index (χ2n) is 6.58. The van der Waals surface area contributed by atoms with Crippen molar-refractivity contribution >= 4 is 57.5 Å². The summed E-state index contributed by atoms with van der Waals surface area (Å²) in [5.74, 6) is 0.982. The average molecular weight is 470 g/mol. The number of hydrogen-bond donors (Lipinski definition) is 0. The quantitative estimate of drug-likeness (QED) is 0.476. The zero-order valence-corrected chi connectivity index (χ0v) is 18.5. The van der Waals surface area contributed by atoms with Crippen LogP contribution in [0.5, 0.6) is 0 Å². The van der Waals surface area contributed by atoms with E-state index in [9.17, 15) is 4.79 Å². The van der Waals surface area contributed by atoms with Gasteiger partial charge in [0.1, 0.15) is 5.84 Å². The lowest BCUT2D eigenvalue weighted by Crippen LogP contribution is -2.36. The van der Waals surface area contributed by atoms with Gasteiger partial charge in [0.15, 0.2) is 5.78 Å². The van der Waals surface area contributed by atoms with E-state index in [1.165, 1.54) is 12.0 Å². The summed E-state index contributed by atoms with van der Waals surface area (Å²) in [4.78, 5) is 19.7. The molecule has 0 amide bonds. The minimum absolute atomic E-state index is 0. The largest absolute Gasteiger partial charge is 0.322 e. The Morgan fingerprint density at radius 1 is 1.04 bits per heavy atom. The predicted molar refractivity (Wildman–Crippen MR) is 120 cm³/mol. The fourth-order valence-electron chi connectivity index (χ4n) is 3.04. The van der Waals surface area contributed by atoms with Gasteiger partial charge in [0.25, 0.3) is 0 Å². The Morgan fingerprint density at radius 3 is 2.48 bits per heavy atom. The van der Waals surface area contributed by atoms with Crippen molar-refractivity contribution in [2.45, 2.75) is 32.6 Å². The maximum atomic E-state index is 12.9. The molecule has 0 aliphatic carbocycles. The highest BCUT2D eigenvalue weighted by Crippen LogP contribution is 2.24. The third-order valence-electron chi connectivity index (χ3n) is 4.55. The molecule has 1 aliphatic heterocycles. The Kier molecular flexibility index (Phi) is 8.33. The molecule has 2 aromatic rings. The van der Waals surface area contributed by atoms with Gasteiger partial charge in [0.05, 0.1) is 16.6 Å². The average Bonchev–Trinajstić information content (AvgIpc) is 2.92. The number of hydrogen-bond acceptors (Lipinski definition) is 3. The number of benzene rings is 2. The highest BCUT2D eigenvalue weighted by Gasteiger charge is 2.20. The fraction of sp³-hybridized carbons (Fsp3) is 0.333. The summed E-state index contributed by atoms with van der Waals surface area (Å²) in [6, 6.07) is 13.2. The number of rotatable bonds is 4. The molecule has 0 bridgehead atoms. The van der Waals surface area contributed by atoms with Gasteiger partial charge in [-0.3, -0.25) is 9.79 Å². The number of nitrogens with zero attached hydrogens (tertiary/aromatic N) is 2. The van der Waals surface area contributed by atoms with Crippen molar-refractivity contribution in [3.05, 3.63) is 63.6 Å². The summed E-state index contributed by atoms with van der Waals surface area (Å²) in [5, 5.41) is 0.845. The maximum Gasteiger partial charge on any atom is 0.182 e. The van der Waals surface area contributed by atoms with Crippen LogP contribution in [0.1, 0.15) is 41.6 Å². The lowest BCUT2D eigenvalue weighted by Gasteiger charge is -2.26. The molecule has 0 unspecified atom stereocenters. The first-order valence-electron chi connectivity index (χ1n) is 8.90. The topological polar surface area (TPSA) is 32.7 Å². The zero-order chi connectivity index (χ0) is 18.5. The molecule has 0 atom stereocenters. The summed E-state index contributed by atoms with van der Waals surface area (Å²) in [6.07, 6.45) is 4.27. The molecule has 0 aromatic heterocycles. The number of anilines is 1. The SMILES string of the molecule is Br.Cc1ccc(N(CC(=O)c2ccc(Cl)c(Cl)c2)C2=NCCCCC2)cc1. The van der Waals surface area contributed by atoms with Crippen LogP contribution in [0.2, 0.25) is 10.0 Å². The third-order valence-corrected chi connectivity index (χ3v) is 5.29. The number of aryl methyl sites for hydroxylation is 1. The van der Waals surface area contributed by atoms with Crippen LogP contribution in [0.4, 0.5) is 5.69 Å². The van der Waals surface area contributed by atoms with E-state index in [1.807, 2.05) is 17.0 Å². The highest BCUT2D eigenvalue weighted by atomic mass is 79.9. The third kappa shape index (κ3) is 5.81. The van der Waals surface area contributed by atoms with E-state index in [0.29, 0.717) is 15.6 Å². The van der Waals surface area contributed by atoms with Crippen LogP contribution in [-0.4, -0.2) is 24.7 Å². The molecule has 27 heavy (non-hydrogen) atoms. The summed E-state index contributed by atoms with van der Waals surface area (Å²) in [5.41, 5.74) is 2.74. The lowest BCUT2D eigenvalue weighted by atomic mass is 10.1. The van der Waals surface area contributed by atoms with Crippen molar-refractivity contribution in [1.82, 2.24) is 0 Å². The first kappa shape index (κ1) is 21.9. The van der Waals surface area contributed by atoms with Gasteiger partial charge in [0, 0.05) is 24.2 Å². The number of carbonyl (C=O) groups excluding carboxylic acids is 1. The first-order valence-corrected chi connectivity index (χ1v) is 9.66. The van der Waals surface area contributed by atoms with E-state index >= 15 is 0 Å². The molecule has 3 nitrogen and oxygen atoms in total. The number of amidine groups is 1. The molecule has 0 spiro atoms. The summed E-state index contributed by atoms with van der Waals surface area (Å²) in [6.45, 7) is 3.11. The normalized spacial score (nSPS) is 14.0. The molecule has 0 radical (unpaired) electrons. The molecule has 2 aromatic carbocycles. The van der Waals surface area contributed by atoms with Crippen LogP contribution in [0.3, 0.4) is 0 Å². The molecule has 0 fully saturated rings. The van der Waals surface area contributed by atoms with Crippen molar-refractivity contribution in [2.24, 2.45) is 4.99 Å². The van der Waals surface area contributed by atoms with Gasteiger partial charge in [0.2, 0.25) is 0 Å². The molecule has 0 N–H and O–H groups in total. The number of ketones is 1. The lowest BCUT2D eigenvalue weighted by molar-refractivity contribution is 0.100. The van der Waals surface area contributed by atoms with Crippen LogP contribution in [-0.2, 0) is 0 Å². The van der Waals surface area contributed by atoms with Gasteiger partial charge in [-0.2, -0.15) is 0 Å². The molecule has 1 aliphatic rings.